The number of nitrogens with one attached hydrogen (secondary N) is 1. The molecule has 3 aromatic carbocycles. The normalized spacial score (nSPS) is 10.5. The van der Waals surface area contributed by atoms with E-state index in [2.05, 4.69) is 5.32 Å². The third-order valence-electron chi connectivity index (χ3n) is 3.94. The van der Waals surface area contributed by atoms with Gasteiger partial charge in [0.2, 0.25) is 0 Å². The molecule has 0 bridgehead atoms. The van der Waals surface area contributed by atoms with E-state index in [1.807, 2.05) is 42.5 Å². The van der Waals surface area contributed by atoms with Crippen LogP contribution in [0, 0.1) is 0 Å². The lowest BCUT2D eigenvalue weighted by Gasteiger charge is -2.17. The highest BCUT2D eigenvalue weighted by molar-refractivity contribution is 6.36. The van der Waals surface area contributed by atoms with Gasteiger partial charge < -0.3 is 14.8 Å². The molecule has 0 atom stereocenters. The minimum absolute atomic E-state index is 0.424. The van der Waals surface area contributed by atoms with E-state index in [1.54, 1.807) is 25.3 Å². The number of anilines is 1. The topological polar surface area (TPSA) is 30.5 Å². The SMILES string of the molecule is COc1cc(Cl)cc(CNc2ccc(Cl)cc2Cl)c1OCc1ccccc1. The van der Waals surface area contributed by atoms with Crippen molar-refractivity contribution in [3.05, 3.63) is 86.9 Å². The van der Waals surface area contributed by atoms with Crippen LogP contribution in [0.15, 0.2) is 60.7 Å². The minimum Gasteiger partial charge on any atom is -0.493 e. The van der Waals surface area contributed by atoms with Gasteiger partial charge in [-0.2, -0.15) is 0 Å². The van der Waals surface area contributed by atoms with Crippen LogP contribution in [0.25, 0.3) is 0 Å². The third kappa shape index (κ3) is 5.23. The summed E-state index contributed by atoms with van der Waals surface area (Å²) < 4.78 is 11.5. The molecule has 0 unspecified atom stereocenters. The highest BCUT2D eigenvalue weighted by atomic mass is 35.5. The van der Waals surface area contributed by atoms with Crippen LogP contribution in [-0.2, 0) is 13.2 Å². The Morgan fingerprint density at radius 3 is 2.37 bits per heavy atom. The summed E-state index contributed by atoms with van der Waals surface area (Å²) in [6.45, 7) is 0.885. The fourth-order valence-corrected chi connectivity index (χ4v) is 3.33. The Hall–Kier alpha value is -2.07. The molecule has 27 heavy (non-hydrogen) atoms. The van der Waals surface area contributed by atoms with Crippen molar-refractivity contribution in [1.29, 1.82) is 0 Å². The molecule has 0 radical (unpaired) electrons. The first-order valence-corrected chi connectivity index (χ1v) is 9.42. The van der Waals surface area contributed by atoms with E-state index in [4.69, 9.17) is 44.3 Å². The lowest BCUT2D eigenvalue weighted by atomic mass is 10.1. The zero-order valence-corrected chi connectivity index (χ0v) is 16.9. The van der Waals surface area contributed by atoms with E-state index in [0.29, 0.717) is 39.7 Å². The molecule has 0 aliphatic heterocycles. The number of ether oxygens (including phenoxy) is 2. The fourth-order valence-electron chi connectivity index (χ4n) is 2.62. The predicted octanol–water partition coefficient (Wildman–Crippen LogP) is 6.85. The summed E-state index contributed by atoms with van der Waals surface area (Å²) in [6, 6.07) is 18.8. The quantitative estimate of drug-likeness (QED) is 0.452. The summed E-state index contributed by atoms with van der Waals surface area (Å²) in [4.78, 5) is 0. The molecule has 0 aliphatic rings. The lowest BCUT2D eigenvalue weighted by molar-refractivity contribution is 0.281. The third-order valence-corrected chi connectivity index (χ3v) is 4.71. The number of hydrogen-bond acceptors (Lipinski definition) is 3. The van der Waals surface area contributed by atoms with E-state index in [1.165, 1.54) is 0 Å². The summed E-state index contributed by atoms with van der Waals surface area (Å²) >= 11 is 18.4. The lowest BCUT2D eigenvalue weighted by Crippen LogP contribution is -2.06. The van der Waals surface area contributed by atoms with Gasteiger partial charge in [0.15, 0.2) is 11.5 Å². The van der Waals surface area contributed by atoms with Crippen molar-refractivity contribution in [3.8, 4) is 11.5 Å². The number of hydrogen-bond donors (Lipinski definition) is 1. The molecule has 0 saturated heterocycles. The average molecular weight is 423 g/mol. The zero-order valence-electron chi connectivity index (χ0n) is 14.6. The maximum atomic E-state index is 6.24. The van der Waals surface area contributed by atoms with Crippen LogP contribution in [0.2, 0.25) is 15.1 Å². The highest BCUT2D eigenvalue weighted by Crippen LogP contribution is 2.36. The second-order valence-electron chi connectivity index (χ2n) is 5.85. The van der Waals surface area contributed by atoms with Crippen LogP contribution >= 0.6 is 34.8 Å². The van der Waals surface area contributed by atoms with E-state index < -0.39 is 0 Å². The number of benzene rings is 3. The Morgan fingerprint density at radius 2 is 1.67 bits per heavy atom. The van der Waals surface area contributed by atoms with Gasteiger partial charge in [-0.3, -0.25) is 0 Å². The van der Waals surface area contributed by atoms with Crippen molar-refractivity contribution in [2.45, 2.75) is 13.2 Å². The first kappa shape index (κ1) is 19.7. The van der Waals surface area contributed by atoms with Crippen molar-refractivity contribution in [2.75, 3.05) is 12.4 Å². The van der Waals surface area contributed by atoms with Crippen molar-refractivity contribution in [3.63, 3.8) is 0 Å². The van der Waals surface area contributed by atoms with Crippen molar-refractivity contribution in [2.24, 2.45) is 0 Å². The molecule has 3 rings (SSSR count). The molecule has 0 spiro atoms. The molecular formula is C21H18Cl3NO2. The van der Waals surface area contributed by atoms with Gasteiger partial charge in [0.25, 0.3) is 0 Å². The van der Waals surface area contributed by atoms with Crippen molar-refractivity contribution in [1.82, 2.24) is 0 Å². The first-order chi connectivity index (χ1) is 13.1. The van der Waals surface area contributed by atoms with Crippen LogP contribution in [0.3, 0.4) is 0 Å². The minimum atomic E-state index is 0.424. The molecule has 140 valence electrons. The summed E-state index contributed by atoms with van der Waals surface area (Å²) in [6.07, 6.45) is 0. The molecule has 0 heterocycles. The molecule has 0 aromatic heterocycles. The van der Waals surface area contributed by atoms with E-state index in [-0.39, 0.29) is 0 Å². The number of methoxy groups -OCH3 is 1. The van der Waals surface area contributed by atoms with Crippen LogP contribution < -0.4 is 14.8 Å². The Bertz CT molecular complexity index is 917. The maximum absolute atomic E-state index is 6.24. The van der Waals surface area contributed by atoms with Crippen LogP contribution in [0.5, 0.6) is 11.5 Å². The smallest absolute Gasteiger partial charge is 0.166 e. The molecule has 1 N–H and O–H groups in total. The van der Waals surface area contributed by atoms with Gasteiger partial charge in [-0.1, -0.05) is 65.1 Å². The van der Waals surface area contributed by atoms with Gasteiger partial charge >= 0.3 is 0 Å². The van der Waals surface area contributed by atoms with Crippen molar-refractivity contribution >= 4 is 40.5 Å². The summed E-state index contributed by atoms with van der Waals surface area (Å²) in [5.74, 6) is 1.22. The van der Waals surface area contributed by atoms with E-state index in [9.17, 15) is 0 Å². The molecule has 3 aromatic rings. The molecule has 0 amide bonds. The van der Waals surface area contributed by atoms with Crippen LogP contribution in [0.1, 0.15) is 11.1 Å². The largest absolute Gasteiger partial charge is 0.493 e. The van der Waals surface area contributed by atoms with E-state index >= 15 is 0 Å². The van der Waals surface area contributed by atoms with Gasteiger partial charge in [-0.25, -0.2) is 0 Å². The van der Waals surface area contributed by atoms with Gasteiger partial charge in [-0.05, 0) is 29.8 Å². The standard InChI is InChI=1S/C21H18Cl3NO2/c1-26-20-11-17(23)9-15(12-25-19-8-7-16(22)10-18(19)24)21(20)27-13-14-5-3-2-4-6-14/h2-11,25H,12-13H2,1H3. The summed E-state index contributed by atoms with van der Waals surface area (Å²) in [7, 11) is 1.59. The van der Waals surface area contributed by atoms with Crippen LogP contribution in [0.4, 0.5) is 5.69 Å². The summed E-state index contributed by atoms with van der Waals surface area (Å²) in [5.41, 5.74) is 2.70. The predicted molar refractivity (Wildman–Crippen MR) is 113 cm³/mol. The zero-order chi connectivity index (χ0) is 19.2. The molecule has 0 fully saturated rings. The van der Waals surface area contributed by atoms with Crippen LogP contribution in [-0.4, -0.2) is 7.11 Å². The number of rotatable bonds is 7. The van der Waals surface area contributed by atoms with Gasteiger partial charge in [0, 0.05) is 28.2 Å². The Morgan fingerprint density at radius 1 is 0.889 bits per heavy atom. The fraction of sp³-hybridized carbons (Fsp3) is 0.143. The number of halogens is 3. The Kier molecular flexibility index (Phi) is 6.73. The van der Waals surface area contributed by atoms with Gasteiger partial charge in [-0.15, -0.1) is 0 Å². The monoisotopic (exact) mass is 421 g/mol. The maximum Gasteiger partial charge on any atom is 0.166 e. The Labute approximate surface area is 173 Å². The molecule has 6 heteroatoms. The van der Waals surface area contributed by atoms with Gasteiger partial charge in [0.05, 0.1) is 17.8 Å². The first-order valence-electron chi connectivity index (χ1n) is 8.29. The second-order valence-corrected chi connectivity index (χ2v) is 7.13. The average Bonchev–Trinajstić information content (AvgIpc) is 2.66. The summed E-state index contributed by atoms with van der Waals surface area (Å²) in [5, 5.41) is 4.99. The highest BCUT2D eigenvalue weighted by Gasteiger charge is 2.14. The van der Waals surface area contributed by atoms with Crippen molar-refractivity contribution < 1.29 is 9.47 Å². The molecular weight excluding hydrogens is 405 g/mol. The molecule has 3 nitrogen and oxygen atoms in total. The molecule has 0 saturated carbocycles. The second kappa shape index (κ2) is 9.23. The molecule has 0 aliphatic carbocycles. The Balaban J connectivity index is 1.83. The van der Waals surface area contributed by atoms with Gasteiger partial charge in [0.1, 0.15) is 6.61 Å². The van der Waals surface area contributed by atoms with E-state index in [0.717, 1.165) is 16.8 Å².